The van der Waals surface area contributed by atoms with Crippen LogP contribution >= 0.6 is 0 Å². The lowest BCUT2D eigenvalue weighted by Crippen LogP contribution is -2.43. The van der Waals surface area contributed by atoms with Gasteiger partial charge < -0.3 is 16.0 Å². The Balaban J connectivity index is 2.24. The zero-order chi connectivity index (χ0) is 15.0. The molecule has 1 aromatic carbocycles. The van der Waals surface area contributed by atoms with Gasteiger partial charge in [0, 0.05) is 24.7 Å². The van der Waals surface area contributed by atoms with Crippen LogP contribution in [0.4, 0.5) is 4.79 Å². The molecule has 0 saturated carbocycles. The number of nitrogens with one attached hydrogen (secondary N) is 3. The molecule has 0 aliphatic heterocycles. The summed E-state index contributed by atoms with van der Waals surface area (Å²) in [5, 5.41) is 8.26. The third-order valence-corrected chi connectivity index (χ3v) is 2.97. The van der Waals surface area contributed by atoms with Crippen molar-refractivity contribution >= 4 is 11.9 Å². The van der Waals surface area contributed by atoms with E-state index in [1.54, 1.807) is 6.07 Å². The predicted octanol–water partition coefficient (Wildman–Crippen LogP) is 1.82. The van der Waals surface area contributed by atoms with Crippen LogP contribution < -0.4 is 16.0 Å². The summed E-state index contributed by atoms with van der Waals surface area (Å²) in [5.74, 6) is -0.127. The van der Waals surface area contributed by atoms with Gasteiger partial charge in [-0.3, -0.25) is 4.79 Å². The van der Waals surface area contributed by atoms with Crippen LogP contribution in [0, 0.1) is 6.92 Å². The first-order valence-electron chi connectivity index (χ1n) is 6.92. The van der Waals surface area contributed by atoms with Gasteiger partial charge in [0.1, 0.15) is 0 Å². The molecule has 1 unspecified atom stereocenters. The standard InChI is InChI=1S/C15H23N3O2/c1-4-12(3)18-15(20)17-9-8-16-14(19)13-7-5-6-11(2)10-13/h5-7,10,12H,4,8-9H2,1-3H3,(H,16,19)(H2,17,18,20). The van der Waals surface area contributed by atoms with Gasteiger partial charge in [-0.05, 0) is 32.4 Å². The largest absolute Gasteiger partial charge is 0.350 e. The first-order chi connectivity index (χ1) is 9.52. The Hall–Kier alpha value is -2.04. The van der Waals surface area contributed by atoms with Crippen molar-refractivity contribution in [3.63, 3.8) is 0 Å². The van der Waals surface area contributed by atoms with Gasteiger partial charge in [-0.15, -0.1) is 0 Å². The molecule has 0 bridgehead atoms. The maximum atomic E-state index is 11.8. The molecule has 0 aliphatic rings. The molecule has 0 saturated heterocycles. The summed E-state index contributed by atoms with van der Waals surface area (Å²) in [4.78, 5) is 23.3. The van der Waals surface area contributed by atoms with Crippen LogP contribution in [0.2, 0.25) is 0 Å². The molecule has 3 amide bonds. The number of urea groups is 1. The lowest BCUT2D eigenvalue weighted by Gasteiger charge is -2.12. The Morgan fingerprint density at radius 3 is 2.55 bits per heavy atom. The van der Waals surface area contributed by atoms with Crippen molar-refractivity contribution in [2.75, 3.05) is 13.1 Å². The smallest absolute Gasteiger partial charge is 0.315 e. The SMILES string of the molecule is CCC(C)NC(=O)NCCNC(=O)c1cccc(C)c1. The van der Waals surface area contributed by atoms with Crippen LogP contribution in [0.5, 0.6) is 0 Å². The zero-order valence-corrected chi connectivity index (χ0v) is 12.3. The highest BCUT2D eigenvalue weighted by Gasteiger charge is 2.06. The second-order valence-corrected chi connectivity index (χ2v) is 4.83. The van der Waals surface area contributed by atoms with Gasteiger partial charge in [0.2, 0.25) is 0 Å². The van der Waals surface area contributed by atoms with E-state index in [9.17, 15) is 9.59 Å². The number of hydrogen-bond acceptors (Lipinski definition) is 2. The van der Waals surface area contributed by atoms with E-state index in [4.69, 9.17) is 0 Å². The summed E-state index contributed by atoms with van der Waals surface area (Å²) in [5.41, 5.74) is 1.68. The van der Waals surface area contributed by atoms with Crippen molar-refractivity contribution in [3.05, 3.63) is 35.4 Å². The number of carbonyl (C=O) groups excluding carboxylic acids is 2. The quantitative estimate of drug-likeness (QED) is 0.694. The Morgan fingerprint density at radius 1 is 1.20 bits per heavy atom. The summed E-state index contributed by atoms with van der Waals surface area (Å²) < 4.78 is 0. The van der Waals surface area contributed by atoms with Crippen LogP contribution in [0.3, 0.4) is 0 Å². The summed E-state index contributed by atoms with van der Waals surface area (Å²) in [7, 11) is 0. The van der Waals surface area contributed by atoms with E-state index in [0.29, 0.717) is 18.7 Å². The van der Waals surface area contributed by atoms with E-state index in [2.05, 4.69) is 16.0 Å². The summed E-state index contributed by atoms with van der Waals surface area (Å²) in [6, 6.07) is 7.34. The molecular formula is C15H23N3O2. The van der Waals surface area contributed by atoms with Crippen LogP contribution in [-0.2, 0) is 0 Å². The van der Waals surface area contributed by atoms with Gasteiger partial charge in [-0.2, -0.15) is 0 Å². The van der Waals surface area contributed by atoms with Crippen molar-refractivity contribution < 1.29 is 9.59 Å². The average Bonchev–Trinajstić information content (AvgIpc) is 2.43. The average molecular weight is 277 g/mol. The lowest BCUT2D eigenvalue weighted by molar-refractivity contribution is 0.0953. The summed E-state index contributed by atoms with van der Waals surface area (Å²) >= 11 is 0. The predicted molar refractivity (Wildman–Crippen MR) is 79.8 cm³/mol. The monoisotopic (exact) mass is 277 g/mol. The molecule has 0 radical (unpaired) electrons. The van der Waals surface area contributed by atoms with Crippen LogP contribution in [-0.4, -0.2) is 31.1 Å². The number of rotatable bonds is 6. The fourth-order valence-corrected chi connectivity index (χ4v) is 1.62. The van der Waals surface area contributed by atoms with Crippen LogP contribution in [0.15, 0.2) is 24.3 Å². The lowest BCUT2D eigenvalue weighted by atomic mass is 10.1. The topological polar surface area (TPSA) is 70.2 Å². The number of amides is 3. The molecule has 0 aromatic heterocycles. The maximum absolute atomic E-state index is 11.8. The van der Waals surface area contributed by atoms with Gasteiger partial charge >= 0.3 is 6.03 Å². The van der Waals surface area contributed by atoms with Crippen molar-refractivity contribution in [2.45, 2.75) is 33.2 Å². The molecule has 1 aromatic rings. The molecule has 5 nitrogen and oxygen atoms in total. The van der Waals surface area contributed by atoms with Gasteiger partial charge in [0.05, 0.1) is 0 Å². The van der Waals surface area contributed by atoms with E-state index in [0.717, 1.165) is 12.0 Å². The minimum absolute atomic E-state index is 0.127. The van der Waals surface area contributed by atoms with Gasteiger partial charge in [0.25, 0.3) is 5.91 Å². The number of hydrogen-bond donors (Lipinski definition) is 3. The Bertz CT molecular complexity index is 460. The number of carbonyl (C=O) groups is 2. The third-order valence-electron chi connectivity index (χ3n) is 2.97. The first-order valence-corrected chi connectivity index (χ1v) is 6.92. The maximum Gasteiger partial charge on any atom is 0.315 e. The highest BCUT2D eigenvalue weighted by molar-refractivity contribution is 5.94. The molecule has 0 heterocycles. The summed E-state index contributed by atoms with van der Waals surface area (Å²) in [6.07, 6.45) is 0.886. The molecule has 1 atom stereocenters. The third kappa shape index (κ3) is 5.73. The fraction of sp³-hybridized carbons (Fsp3) is 0.467. The fourth-order valence-electron chi connectivity index (χ4n) is 1.62. The minimum Gasteiger partial charge on any atom is -0.350 e. The molecule has 0 fully saturated rings. The second-order valence-electron chi connectivity index (χ2n) is 4.83. The molecule has 1 rings (SSSR count). The first kappa shape index (κ1) is 16.0. The van der Waals surface area contributed by atoms with Gasteiger partial charge in [-0.25, -0.2) is 4.79 Å². The molecule has 20 heavy (non-hydrogen) atoms. The molecule has 5 heteroatoms. The van der Waals surface area contributed by atoms with Gasteiger partial charge in [0.15, 0.2) is 0 Å². The molecule has 0 aliphatic carbocycles. The van der Waals surface area contributed by atoms with E-state index in [-0.39, 0.29) is 18.0 Å². The van der Waals surface area contributed by atoms with Crippen molar-refractivity contribution in [3.8, 4) is 0 Å². The summed E-state index contributed by atoms with van der Waals surface area (Å²) in [6.45, 7) is 6.70. The van der Waals surface area contributed by atoms with Crippen LogP contribution in [0.25, 0.3) is 0 Å². The van der Waals surface area contributed by atoms with Crippen molar-refractivity contribution in [2.24, 2.45) is 0 Å². The van der Waals surface area contributed by atoms with Crippen molar-refractivity contribution in [1.82, 2.24) is 16.0 Å². The molecule has 3 N–H and O–H groups in total. The molecular weight excluding hydrogens is 254 g/mol. The van der Waals surface area contributed by atoms with Crippen molar-refractivity contribution in [1.29, 1.82) is 0 Å². The Morgan fingerprint density at radius 2 is 1.90 bits per heavy atom. The van der Waals surface area contributed by atoms with E-state index in [1.807, 2.05) is 39.0 Å². The highest BCUT2D eigenvalue weighted by Crippen LogP contribution is 2.03. The van der Waals surface area contributed by atoms with E-state index in [1.165, 1.54) is 0 Å². The van der Waals surface area contributed by atoms with Crippen LogP contribution in [0.1, 0.15) is 36.2 Å². The minimum atomic E-state index is -0.204. The van der Waals surface area contributed by atoms with Gasteiger partial charge in [-0.1, -0.05) is 24.6 Å². The Labute approximate surface area is 120 Å². The molecule has 110 valence electrons. The Kier molecular flexibility index (Phi) is 6.56. The normalized spacial score (nSPS) is 11.6. The molecule has 0 spiro atoms. The number of benzene rings is 1. The zero-order valence-electron chi connectivity index (χ0n) is 12.3. The highest BCUT2D eigenvalue weighted by atomic mass is 16.2. The van der Waals surface area contributed by atoms with E-state index < -0.39 is 0 Å². The van der Waals surface area contributed by atoms with E-state index >= 15 is 0 Å². The number of aryl methyl sites for hydroxylation is 1. The second kappa shape index (κ2) is 8.19.